The monoisotopic (exact) mass is 272 g/mol. The average molecular weight is 273 g/mol. The molecule has 0 saturated heterocycles. The topological polar surface area (TPSA) is 46.5 Å². The minimum atomic E-state index is -0.751. The van der Waals surface area contributed by atoms with Crippen LogP contribution in [0.1, 0.15) is 19.3 Å². The van der Waals surface area contributed by atoms with Crippen molar-refractivity contribution in [3.05, 3.63) is 28.7 Å². The van der Waals surface area contributed by atoms with Gasteiger partial charge < -0.3 is 9.84 Å². The lowest BCUT2D eigenvalue weighted by atomic mass is 10.2. The van der Waals surface area contributed by atoms with Crippen LogP contribution in [0.25, 0.3) is 0 Å². The highest BCUT2D eigenvalue weighted by Gasteiger charge is 1.97. The second-order valence-electron chi connectivity index (χ2n) is 3.15. The van der Waals surface area contributed by atoms with Gasteiger partial charge in [0.05, 0.1) is 6.61 Å². The molecule has 0 fully saturated rings. The van der Waals surface area contributed by atoms with Gasteiger partial charge in [-0.2, -0.15) is 0 Å². The Hall–Kier alpha value is -1.03. The molecule has 0 aliphatic heterocycles. The Morgan fingerprint density at radius 1 is 1.27 bits per heavy atom. The highest BCUT2D eigenvalue weighted by atomic mass is 79.9. The van der Waals surface area contributed by atoms with Gasteiger partial charge in [0.15, 0.2) is 0 Å². The fraction of sp³-hybridized carbons (Fsp3) is 0.364. The maximum absolute atomic E-state index is 10.2. The second kappa shape index (κ2) is 6.45. The van der Waals surface area contributed by atoms with Crippen molar-refractivity contribution in [2.75, 3.05) is 6.61 Å². The maximum atomic E-state index is 10.2. The first-order valence-electron chi connectivity index (χ1n) is 4.78. The van der Waals surface area contributed by atoms with Gasteiger partial charge in [-0.05, 0) is 37.1 Å². The Kier molecular flexibility index (Phi) is 5.18. The molecule has 1 N–H and O–H groups in total. The molecule has 0 radical (unpaired) electrons. The van der Waals surface area contributed by atoms with Crippen LogP contribution < -0.4 is 4.74 Å². The van der Waals surface area contributed by atoms with Crippen molar-refractivity contribution in [3.8, 4) is 5.75 Å². The molecule has 0 spiro atoms. The van der Waals surface area contributed by atoms with Crippen LogP contribution in [0.4, 0.5) is 0 Å². The lowest BCUT2D eigenvalue weighted by Gasteiger charge is -2.05. The summed E-state index contributed by atoms with van der Waals surface area (Å²) in [5, 5.41) is 8.41. The number of hydrogen-bond donors (Lipinski definition) is 1. The molecule has 0 aliphatic carbocycles. The standard InChI is InChI=1S/C11H13BrO3/c12-9-4-6-10(7-5-9)15-8-2-1-3-11(13)14/h4-7H,1-3,8H2,(H,13,14). The van der Waals surface area contributed by atoms with E-state index in [2.05, 4.69) is 15.9 Å². The van der Waals surface area contributed by atoms with Crippen LogP contribution in [-0.4, -0.2) is 17.7 Å². The van der Waals surface area contributed by atoms with E-state index >= 15 is 0 Å². The van der Waals surface area contributed by atoms with E-state index in [9.17, 15) is 4.79 Å². The van der Waals surface area contributed by atoms with Crippen molar-refractivity contribution >= 4 is 21.9 Å². The van der Waals surface area contributed by atoms with Crippen molar-refractivity contribution in [2.45, 2.75) is 19.3 Å². The number of ether oxygens (including phenoxy) is 1. The van der Waals surface area contributed by atoms with E-state index in [4.69, 9.17) is 9.84 Å². The number of benzene rings is 1. The first-order chi connectivity index (χ1) is 7.18. The molecule has 15 heavy (non-hydrogen) atoms. The van der Waals surface area contributed by atoms with Crippen LogP contribution in [-0.2, 0) is 4.79 Å². The zero-order valence-electron chi connectivity index (χ0n) is 8.28. The number of carboxylic acids is 1. The van der Waals surface area contributed by atoms with Gasteiger partial charge in [0.1, 0.15) is 5.75 Å². The van der Waals surface area contributed by atoms with Crippen molar-refractivity contribution in [1.29, 1.82) is 0 Å². The molecule has 0 amide bonds. The highest BCUT2D eigenvalue weighted by molar-refractivity contribution is 9.10. The maximum Gasteiger partial charge on any atom is 0.303 e. The van der Waals surface area contributed by atoms with Gasteiger partial charge >= 0.3 is 5.97 Å². The summed E-state index contributed by atoms with van der Waals surface area (Å²) in [5.74, 6) is 0.0622. The van der Waals surface area contributed by atoms with Crippen LogP contribution in [0.3, 0.4) is 0 Å². The van der Waals surface area contributed by atoms with Gasteiger partial charge in [-0.25, -0.2) is 0 Å². The lowest BCUT2D eigenvalue weighted by molar-refractivity contribution is -0.137. The van der Waals surface area contributed by atoms with Crippen LogP contribution in [0.15, 0.2) is 28.7 Å². The molecule has 0 unspecified atom stereocenters. The minimum Gasteiger partial charge on any atom is -0.494 e. The van der Waals surface area contributed by atoms with Gasteiger partial charge in [0, 0.05) is 10.9 Å². The zero-order chi connectivity index (χ0) is 11.1. The van der Waals surface area contributed by atoms with E-state index in [-0.39, 0.29) is 6.42 Å². The van der Waals surface area contributed by atoms with Crippen molar-refractivity contribution < 1.29 is 14.6 Å². The number of unbranched alkanes of at least 4 members (excludes halogenated alkanes) is 1. The summed E-state index contributed by atoms with van der Waals surface area (Å²) in [4.78, 5) is 10.2. The minimum absolute atomic E-state index is 0.212. The smallest absolute Gasteiger partial charge is 0.303 e. The molecule has 0 aliphatic rings. The first kappa shape index (κ1) is 12.0. The predicted octanol–water partition coefficient (Wildman–Crippen LogP) is 3.08. The largest absolute Gasteiger partial charge is 0.494 e. The number of hydrogen-bond acceptors (Lipinski definition) is 2. The van der Waals surface area contributed by atoms with E-state index in [1.54, 1.807) is 0 Å². The van der Waals surface area contributed by atoms with E-state index < -0.39 is 5.97 Å². The van der Waals surface area contributed by atoms with Gasteiger partial charge in [-0.15, -0.1) is 0 Å². The van der Waals surface area contributed by atoms with Crippen molar-refractivity contribution in [2.24, 2.45) is 0 Å². The fourth-order valence-corrected chi connectivity index (χ4v) is 1.36. The highest BCUT2D eigenvalue weighted by Crippen LogP contribution is 2.16. The average Bonchev–Trinajstić information content (AvgIpc) is 2.20. The van der Waals surface area contributed by atoms with Crippen molar-refractivity contribution in [3.63, 3.8) is 0 Å². The number of rotatable bonds is 6. The molecule has 3 nitrogen and oxygen atoms in total. The normalized spacial score (nSPS) is 9.93. The van der Waals surface area contributed by atoms with Crippen LogP contribution >= 0.6 is 15.9 Å². The van der Waals surface area contributed by atoms with Crippen LogP contribution in [0.5, 0.6) is 5.75 Å². The fourth-order valence-electron chi connectivity index (χ4n) is 1.10. The third-order valence-electron chi connectivity index (χ3n) is 1.87. The third-order valence-corrected chi connectivity index (χ3v) is 2.40. The molecule has 0 bridgehead atoms. The van der Waals surface area contributed by atoms with E-state index in [0.717, 1.165) is 16.6 Å². The summed E-state index contributed by atoms with van der Waals surface area (Å²) in [5.41, 5.74) is 0. The molecule has 1 aromatic carbocycles. The summed E-state index contributed by atoms with van der Waals surface area (Å²) >= 11 is 3.33. The van der Waals surface area contributed by atoms with Crippen molar-refractivity contribution in [1.82, 2.24) is 0 Å². The van der Waals surface area contributed by atoms with E-state index in [0.29, 0.717) is 13.0 Å². The summed E-state index contributed by atoms with van der Waals surface area (Å²) in [7, 11) is 0. The third kappa shape index (κ3) is 5.42. The molecular weight excluding hydrogens is 260 g/mol. The molecule has 4 heteroatoms. The summed E-state index contributed by atoms with van der Waals surface area (Å²) in [6.07, 6.45) is 1.64. The van der Waals surface area contributed by atoms with Crippen LogP contribution in [0, 0.1) is 0 Å². The first-order valence-corrected chi connectivity index (χ1v) is 5.58. The van der Waals surface area contributed by atoms with Gasteiger partial charge in [0.25, 0.3) is 0 Å². The molecule has 0 atom stereocenters. The number of halogens is 1. The molecule has 0 saturated carbocycles. The molecule has 1 aromatic rings. The van der Waals surface area contributed by atoms with Gasteiger partial charge in [-0.3, -0.25) is 4.79 Å². The Balaban J connectivity index is 2.15. The van der Waals surface area contributed by atoms with Gasteiger partial charge in [-0.1, -0.05) is 15.9 Å². The van der Waals surface area contributed by atoms with E-state index in [1.807, 2.05) is 24.3 Å². The lowest BCUT2D eigenvalue weighted by Crippen LogP contribution is -2.00. The molecule has 0 aromatic heterocycles. The Morgan fingerprint density at radius 3 is 2.53 bits per heavy atom. The zero-order valence-corrected chi connectivity index (χ0v) is 9.87. The number of carboxylic acid groups (broad SMARTS) is 1. The van der Waals surface area contributed by atoms with Gasteiger partial charge in [0.2, 0.25) is 0 Å². The number of aliphatic carboxylic acids is 1. The van der Waals surface area contributed by atoms with Crippen LogP contribution in [0.2, 0.25) is 0 Å². The number of carbonyl (C=O) groups is 1. The predicted molar refractivity (Wildman–Crippen MR) is 61.1 cm³/mol. The second-order valence-corrected chi connectivity index (χ2v) is 4.07. The Labute approximate surface area is 97.2 Å². The molecule has 1 rings (SSSR count). The van der Waals surface area contributed by atoms with E-state index in [1.165, 1.54) is 0 Å². The molecule has 0 heterocycles. The quantitative estimate of drug-likeness (QED) is 0.810. The summed E-state index contributed by atoms with van der Waals surface area (Å²) < 4.78 is 6.44. The Bertz CT molecular complexity index is 308. The summed E-state index contributed by atoms with van der Waals surface area (Å²) in [6.45, 7) is 0.564. The molecular formula is C11H13BrO3. The Morgan fingerprint density at radius 2 is 1.93 bits per heavy atom. The SMILES string of the molecule is O=C(O)CCCCOc1ccc(Br)cc1. The molecule has 82 valence electrons. The summed E-state index contributed by atoms with van der Waals surface area (Å²) in [6, 6.07) is 7.57.